The van der Waals surface area contributed by atoms with E-state index in [0.717, 1.165) is 9.37 Å². The van der Waals surface area contributed by atoms with Gasteiger partial charge in [-0.25, -0.2) is 14.4 Å². The Morgan fingerprint density at radius 3 is 2.83 bits per heavy atom. The molecule has 0 fully saturated rings. The number of aryl methyl sites for hydroxylation is 1. The average molecular weight is 348 g/mol. The molecule has 94 valence electrons. The summed E-state index contributed by atoms with van der Waals surface area (Å²) in [4.78, 5) is 9.07. The average Bonchev–Trinajstić information content (AvgIpc) is 2.33. The molecule has 0 aliphatic heterocycles. The summed E-state index contributed by atoms with van der Waals surface area (Å²) in [5.74, 6) is 0.536. The number of halogens is 3. The Bertz CT molecular complexity index is 557. The molecule has 0 saturated carbocycles. The van der Waals surface area contributed by atoms with Gasteiger partial charge in [0.05, 0.1) is 11.4 Å². The second kappa shape index (κ2) is 5.99. The van der Waals surface area contributed by atoms with Crippen molar-refractivity contribution in [3.63, 3.8) is 0 Å². The van der Waals surface area contributed by atoms with Gasteiger partial charge in [0.25, 0.3) is 0 Å². The molecule has 0 bridgehead atoms. The Morgan fingerprint density at radius 1 is 1.39 bits per heavy atom. The summed E-state index contributed by atoms with van der Waals surface area (Å²) >= 11 is 10.7. The molecule has 2 aromatic rings. The van der Waals surface area contributed by atoms with Gasteiger partial charge in [-0.2, -0.15) is 0 Å². The minimum absolute atomic E-state index is 0.118. The molecular formula is C12H9BrClFN2S. The molecule has 0 aliphatic carbocycles. The van der Waals surface area contributed by atoms with Gasteiger partial charge < -0.3 is 0 Å². The van der Waals surface area contributed by atoms with Crippen LogP contribution in [-0.2, 0) is 5.75 Å². The normalized spacial score (nSPS) is 10.7. The summed E-state index contributed by atoms with van der Waals surface area (Å²) in [5.41, 5.74) is 0.278. The van der Waals surface area contributed by atoms with Gasteiger partial charge in [-0.1, -0.05) is 33.6 Å². The molecular weight excluding hydrogens is 339 g/mol. The maximum Gasteiger partial charge on any atom is 0.181 e. The minimum Gasteiger partial charge on any atom is -0.234 e. The maximum atomic E-state index is 13.3. The van der Waals surface area contributed by atoms with Crippen LogP contribution in [-0.4, -0.2) is 9.97 Å². The van der Waals surface area contributed by atoms with Gasteiger partial charge in [0.1, 0.15) is 5.82 Å². The van der Waals surface area contributed by atoms with Crippen LogP contribution in [0.25, 0.3) is 0 Å². The van der Waals surface area contributed by atoms with E-state index in [1.807, 2.05) is 24.3 Å². The molecule has 2 rings (SSSR count). The van der Waals surface area contributed by atoms with E-state index in [-0.39, 0.29) is 10.8 Å². The number of nitrogens with zero attached hydrogens (tertiary/aromatic N) is 2. The third-order valence-corrected chi connectivity index (χ3v) is 3.92. The van der Waals surface area contributed by atoms with E-state index in [2.05, 4.69) is 25.9 Å². The largest absolute Gasteiger partial charge is 0.234 e. The summed E-state index contributed by atoms with van der Waals surface area (Å²) in [6.07, 6.45) is 0. The van der Waals surface area contributed by atoms with Crippen molar-refractivity contribution in [2.75, 3.05) is 0 Å². The van der Waals surface area contributed by atoms with Crippen molar-refractivity contribution in [2.45, 2.75) is 17.6 Å². The Morgan fingerprint density at radius 2 is 2.17 bits per heavy atom. The highest BCUT2D eigenvalue weighted by molar-refractivity contribution is 9.10. The SMILES string of the molecule is Cc1nc(CSc2cccc(Br)c2)nc(Cl)c1F. The zero-order chi connectivity index (χ0) is 13.1. The third-order valence-electron chi connectivity index (χ3n) is 2.19. The second-order valence-corrected chi connectivity index (χ2v) is 5.90. The maximum absolute atomic E-state index is 13.3. The molecule has 0 radical (unpaired) electrons. The van der Waals surface area contributed by atoms with Gasteiger partial charge in [0.15, 0.2) is 11.0 Å². The van der Waals surface area contributed by atoms with Gasteiger partial charge in [-0.05, 0) is 25.1 Å². The highest BCUT2D eigenvalue weighted by Gasteiger charge is 2.09. The Labute approximate surface area is 122 Å². The van der Waals surface area contributed by atoms with Crippen molar-refractivity contribution in [1.29, 1.82) is 0 Å². The quantitative estimate of drug-likeness (QED) is 0.598. The summed E-state index contributed by atoms with van der Waals surface area (Å²) in [6.45, 7) is 1.58. The van der Waals surface area contributed by atoms with Crippen molar-refractivity contribution < 1.29 is 4.39 Å². The lowest BCUT2D eigenvalue weighted by Gasteiger charge is -2.04. The fourth-order valence-electron chi connectivity index (χ4n) is 1.35. The van der Waals surface area contributed by atoms with Crippen LogP contribution in [0.15, 0.2) is 33.6 Å². The first-order valence-electron chi connectivity index (χ1n) is 5.13. The molecule has 0 atom stereocenters. The molecule has 0 unspecified atom stereocenters. The molecule has 18 heavy (non-hydrogen) atoms. The lowest BCUT2D eigenvalue weighted by molar-refractivity contribution is 0.598. The lowest BCUT2D eigenvalue weighted by Crippen LogP contribution is -1.99. The molecule has 0 amide bonds. The number of hydrogen-bond acceptors (Lipinski definition) is 3. The van der Waals surface area contributed by atoms with Gasteiger partial charge in [0.2, 0.25) is 0 Å². The highest BCUT2D eigenvalue weighted by Crippen LogP contribution is 2.25. The first-order valence-corrected chi connectivity index (χ1v) is 7.29. The number of aromatic nitrogens is 2. The minimum atomic E-state index is -0.548. The van der Waals surface area contributed by atoms with Gasteiger partial charge in [0, 0.05) is 9.37 Å². The summed E-state index contributed by atoms with van der Waals surface area (Å²) < 4.78 is 14.3. The van der Waals surface area contributed by atoms with Crippen LogP contribution in [0.3, 0.4) is 0 Å². The molecule has 0 N–H and O–H groups in total. The van der Waals surface area contributed by atoms with Gasteiger partial charge >= 0.3 is 0 Å². The Balaban J connectivity index is 2.11. The highest BCUT2D eigenvalue weighted by atomic mass is 79.9. The van der Waals surface area contributed by atoms with E-state index >= 15 is 0 Å². The molecule has 0 saturated heterocycles. The van der Waals surface area contributed by atoms with Gasteiger partial charge in [-0.3, -0.25) is 0 Å². The molecule has 6 heteroatoms. The van der Waals surface area contributed by atoms with Gasteiger partial charge in [-0.15, -0.1) is 11.8 Å². The molecule has 2 nitrogen and oxygen atoms in total. The predicted octanol–water partition coefficient (Wildman–Crippen LogP) is 4.63. The molecule has 1 aromatic carbocycles. The summed E-state index contributed by atoms with van der Waals surface area (Å²) in [5, 5.41) is -0.118. The van der Waals surface area contributed by atoms with E-state index in [1.54, 1.807) is 18.7 Å². The first-order chi connectivity index (χ1) is 8.56. The van der Waals surface area contributed by atoms with Crippen molar-refractivity contribution in [3.05, 3.63) is 51.2 Å². The molecule has 0 spiro atoms. The molecule has 1 aromatic heterocycles. The fourth-order valence-corrected chi connectivity index (χ4v) is 2.94. The monoisotopic (exact) mass is 346 g/mol. The van der Waals surface area contributed by atoms with E-state index in [1.165, 1.54) is 0 Å². The second-order valence-electron chi connectivity index (χ2n) is 3.58. The van der Waals surface area contributed by atoms with E-state index in [9.17, 15) is 4.39 Å². The topological polar surface area (TPSA) is 25.8 Å². The zero-order valence-electron chi connectivity index (χ0n) is 9.45. The van der Waals surface area contributed by atoms with Crippen LogP contribution in [0.1, 0.15) is 11.5 Å². The zero-order valence-corrected chi connectivity index (χ0v) is 12.6. The third kappa shape index (κ3) is 3.43. The van der Waals surface area contributed by atoms with Crippen LogP contribution < -0.4 is 0 Å². The van der Waals surface area contributed by atoms with Crippen LogP contribution in [0.4, 0.5) is 4.39 Å². The fraction of sp³-hybridized carbons (Fsp3) is 0.167. The summed E-state index contributed by atoms with van der Waals surface area (Å²) in [6, 6.07) is 7.91. The smallest absolute Gasteiger partial charge is 0.181 e. The van der Waals surface area contributed by atoms with Crippen molar-refractivity contribution >= 4 is 39.3 Å². The summed E-state index contributed by atoms with van der Waals surface area (Å²) in [7, 11) is 0. The lowest BCUT2D eigenvalue weighted by atomic mass is 10.4. The van der Waals surface area contributed by atoms with Crippen molar-refractivity contribution in [1.82, 2.24) is 9.97 Å². The van der Waals surface area contributed by atoms with E-state index in [4.69, 9.17) is 11.6 Å². The van der Waals surface area contributed by atoms with Crippen LogP contribution >= 0.6 is 39.3 Å². The van der Waals surface area contributed by atoms with Crippen LogP contribution in [0.2, 0.25) is 5.15 Å². The Hall–Kier alpha value is -0.650. The Kier molecular flexibility index (Phi) is 4.59. The number of hydrogen-bond donors (Lipinski definition) is 0. The number of benzene rings is 1. The van der Waals surface area contributed by atoms with Crippen molar-refractivity contribution in [3.8, 4) is 0 Å². The first kappa shape index (κ1) is 13.8. The standard InChI is InChI=1S/C12H9BrClFN2S/c1-7-11(15)12(14)17-10(16-7)6-18-9-4-2-3-8(13)5-9/h2-5H,6H2,1H3. The number of thioether (sulfide) groups is 1. The molecule has 1 heterocycles. The van der Waals surface area contributed by atoms with Crippen LogP contribution in [0, 0.1) is 12.7 Å². The van der Waals surface area contributed by atoms with Crippen LogP contribution in [0.5, 0.6) is 0 Å². The predicted molar refractivity (Wildman–Crippen MR) is 75.4 cm³/mol. The van der Waals surface area contributed by atoms with Crippen molar-refractivity contribution in [2.24, 2.45) is 0 Å². The van der Waals surface area contributed by atoms with E-state index in [0.29, 0.717) is 11.6 Å². The molecule has 0 aliphatic rings. The number of rotatable bonds is 3. The van der Waals surface area contributed by atoms with E-state index < -0.39 is 5.82 Å².